The first-order valence-electron chi connectivity index (χ1n) is 7.28. The van der Waals surface area contributed by atoms with Crippen molar-refractivity contribution in [3.63, 3.8) is 0 Å². The fourth-order valence-corrected chi connectivity index (χ4v) is 2.23. The van der Waals surface area contributed by atoms with E-state index in [9.17, 15) is 5.11 Å². The molecule has 1 nitrogen and oxygen atoms in total. The van der Waals surface area contributed by atoms with Crippen LogP contribution in [0.5, 0.6) is 0 Å². The molecule has 2 rings (SSSR count). The highest BCUT2D eigenvalue weighted by Crippen LogP contribution is 2.17. The zero-order valence-corrected chi connectivity index (χ0v) is 11.8. The SMILES string of the molecule is OC(CC/C=C/CCc1ccccc1)c1ccccc1. The summed E-state index contributed by atoms with van der Waals surface area (Å²) in [7, 11) is 0. The lowest BCUT2D eigenvalue weighted by molar-refractivity contribution is 0.168. The van der Waals surface area contributed by atoms with Gasteiger partial charge in [0.1, 0.15) is 0 Å². The monoisotopic (exact) mass is 266 g/mol. The van der Waals surface area contributed by atoms with Gasteiger partial charge < -0.3 is 5.11 Å². The van der Waals surface area contributed by atoms with E-state index >= 15 is 0 Å². The third-order valence-corrected chi connectivity index (χ3v) is 3.40. The second-order valence-corrected chi connectivity index (χ2v) is 5.00. The van der Waals surface area contributed by atoms with Gasteiger partial charge in [-0.15, -0.1) is 0 Å². The van der Waals surface area contributed by atoms with Gasteiger partial charge in [0.05, 0.1) is 6.10 Å². The third-order valence-electron chi connectivity index (χ3n) is 3.40. The molecule has 2 aromatic carbocycles. The summed E-state index contributed by atoms with van der Waals surface area (Å²) in [5.74, 6) is 0. The van der Waals surface area contributed by atoms with Crippen molar-refractivity contribution in [1.82, 2.24) is 0 Å². The van der Waals surface area contributed by atoms with Crippen molar-refractivity contribution in [2.75, 3.05) is 0 Å². The third kappa shape index (κ3) is 5.02. The molecule has 1 heteroatoms. The molecule has 1 atom stereocenters. The van der Waals surface area contributed by atoms with E-state index in [0.717, 1.165) is 31.2 Å². The zero-order chi connectivity index (χ0) is 14.0. The van der Waals surface area contributed by atoms with Crippen molar-refractivity contribution in [1.29, 1.82) is 0 Å². The van der Waals surface area contributed by atoms with Gasteiger partial charge >= 0.3 is 0 Å². The first-order valence-corrected chi connectivity index (χ1v) is 7.28. The van der Waals surface area contributed by atoms with E-state index in [1.807, 2.05) is 36.4 Å². The summed E-state index contributed by atoms with van der Waals surface area (Å²) in [6, 6.07) is 20.4. The van der Waals surface area contributed by atoms with Gasteiger partial charge in [0.25, 0.3) is 0 Å². The molecule has 0 radical (unpaired) electrons. The van der Waals surface area contributed by atoms with Gasteiger partial charge in [-0.1, -0.05) is 72.8 Å². The normalized spacial score (nSPS) is 12.7. The van der Waals surface area contributed by atoms with Gasteiger partial charge in [0.15, 0.2) is 0 Å². The molecule has 0 heterocycles. The van der Waals surface area contributed by atoms with Crippen molar-refractivity contribution in [2.45, 2.75) is 31.8 Å². The number of aliphatic hydroxyl groups excluding tert-OH is 1. The number of hydrogen-bond acceptors (Lipinski definition) is 1. The minimum Gasteiger partial charge on any atom is -0.388 e. The van der Waals surface area contributed by atoms with Crippen LogP contribution in [0.25, 0.3) is 0 Å². The lowest BCUT2D eigenvalue weighted by Crippen LogP contribution is -1.95. The average molecular weight is 266 g/mol. The van der Waals surface area contributed by atoms with Gasteiger partial charge in [-0.05, 0) is 36.8 Å². The molecule has 20 heavy (non-hydrogen) atoms. The largest absolute Gasteiger partial charge is 0.388 e. The molecule has 0 saturated heterocycles. The Bertz CT molecular complexity index is 502. The van der Waals surface area contributed by atoms with Gasteiger partial charge in [0.2, 0.25) is 0 Å². The van der Waals surface area contributed by atoms with Crippen LogP contribution in [0, 0.1) is 0 Å². The Morgan fingerprint density at radius 1 is 0.800 bits per heavy atom. The van der Waals surface area contributed by atoms with Gasteiger partial charge in [-0.25, -0.2) is 0 Å². The molecule has 2 aromatic rings. The summed E-state index contributed by atoms with van der Waals surface area (Å²) >= 11 is 0. The lowest BCUT2D eigenvalue weighted by Gasteiger charge is -2.08. The first kappa shape index (κ1) is 14.5. The highest BCUT2D eigenvalue weighted by molar-refractivity contribution is 5.17. The number of aliphatic hydroxyl groups is 1. The molecule has 0 aromatic heterocycles. The number of allylic oxidation sites excluding steroid dienone is 2. The zero-order valence-electron chi connectivity index (χ0n) is 11.8. The van der Waals surface area contributed by atoms with Crippen LogP contribution in [0.15, 0.2) is 72.8 Å². The van der Waals surface area contributed by atoms with Crippen LogP contribution in [0.4, 0.5) is 0 Å². The first-order chi connectivity index (χ1) is 9.86. The number of rotatable bonds is 7. The Balaban J connectivity index is 1.64. The maximum absolute atomic E-state index is 10.0. The molecular formula is C19H22O. The van der Waals surface area contributed by atoms with E-state index in [4.69, 9.17) is 0 Å². The highest BCUT2D eigenvalue weighted by atomic mass is 16.3. The number of hydrogen-bond donors (Lipinski definition) is 1. The standard InChI is InChI=1S/C19H22O/c20-19(18-14-8-4-9-15-18)16-10-2-1-5-11-17-12-6-3-7-13-17/h1-4,6-9,12-15,19-20H,5,10-11,16H2/b2-1+. The smallest absolute Gasteiger partial charge is 0.0793 e. The van der Waals surface area contributed by atoms with E-state index < -0.39 is 0 Å². The molecule has 0 aliphatic heterocycles. The maximum Gasteiger partial charge on any atom is 0.0793 e. The fourth-order valence-electron chi connectivity index (χ4n) is 2.23. The summed E-state index contributed by atoms with van der Waals surface area (Å²) < 4.78 is 0. The predicted molar refractivity (Wildman–Crippen MR) is 84.5 cm³/mol. The second kappa shape index (κ2) is 8.34. The summed E-state index contributed by atoms with van der Waals surface area (Å²) in [6.45, 7) is 0. The number of aryl methyl sites for hydroxylation is 1. The van der Waals surface area contributed by atoms with Gasteiger partial charge in [-0.3, -0.25) is 0 Å². The van der Waals surface area contributed by atoms with Crippen LogP contribution in [0.3, 0.4) is 0 Å². The van der Waals surface area contributed by atoms with E-state index in [2.05, 4.69) is 36.4 Å². The summed E-state index contributed by atoms with van der Waals surface area (Å²) in [5.41, 5.74) is 2.38. The molecule has 0 spiro atoms. The van der Waals surface area contributed by atoms with Crippen LogP contribution in [0.1, 0.15) is 36.5 Å². The molecule has 1 unspecified atom stereocenters. The minimum atomic E-state index is -0.352. The van der Waals surface area contributed by atoms with Gasteiger partial charge in [-0.2, -0.15) is 0 Å². The Kier molecular flexibility index (Phi) is 6.07. The average Bonchev–Trinajstić information content (AvgIpc) is 2.52. The van der Waals surface area contributed by atoms with Crippen molar-refractivity contribution in [3.8, 4) is 0 Å². The Hall–Kier alpha value is -1.86. The molecule has 0 aliphatic rings. The Labute approximate surface area is 121 Å². The molecule has 0 saturated carbocycles. The van der Waals surface area contributed by atoms with Crippen molar-refractivity contribution >= 4 is 0 Å². The molecule has 0 amide bonds. The molecule has 0 bridgehead atoms. The Morgan fingerprint density at radius 3 is 2.10 bits per heavy atom. The van der Waals surface area contributed by atoms with Crippen molar-refractivity contribution in [3.05, 3.63) is 83.9 Å². The summed E-state index contributed by atoms with van der Waals surface area (Å²) in [6.07, 6.45) is 7.88. The molecular weight excluding hydrogens is 244 g/mol. The van der Waals surface area contributed by atoms with Crippen LogP contribution in [0.2, 0.25) is 0 Å². The minimum absolute atomic E-state index is 0.352. The molecule has 104 valence electrons. The van der Waals surface area contributed by atoms with E-state index in [1.54, 1.807) is 0 Å². The van der Waals surface area contributed by atoms with Crippen LogP contribution in [-0.4, -0.2) is 5.11 Å². The second-order valence-electron chi connectivity index (χ2n) is 5.00. The lowest BCUT2D eigenvalue weighted by atomic mass is 10.0. The van der Waals surface area contributed by atoms with Crippen LogP contribution < -0.4 is 0 Å². The van der Waals surface area contributed by atoms with Crippen molar-refractivity contribution < 1.29 is 5.11 Å². The fraction of sp³-hybridized carbons (Fsp3) is 0.263. The summed E-state index contributed by atoms with van der Waals surface area (Å²) in [5, 5.41) is 10.0. The van der Waals surface area contributed by atoms with E-state index in [-0.39, 0.29) is 6.10 Å². The number of benzene rings is 2. The predicted octanol–water partition coefficient (Wildman–Crippen LogP) is 4.69. The van der Waals surface area contributed by atoms with Gasteiger partial charge in [0, 0.05) is 0 Å². The van der Waals surface area contributed by atoms with Crippen LogP contribution in [-0.2, 0) is 6.42 Å². The topological polar surface area (TPSA) is 20.2 Å². The molecule has 0 aliphatic carbocycles. The maximum atomic E-state index is 10.0. The van der Waals surface area contributed by atoms with E-state index in [1.165, 1.54) is 5.56 Å². The van der Waals surface area contributed by atoms with E-state index in [0.29, 0.717) is 0 Å². The van der Waals surface area contributed by atoms with Crippen molar-refractivity contribution in [2.24, 2.45) is 0 Å². The summed E-state index contributed by atoms with van der Waals surface area (Å²) in [4.78, 5) is 0. The highest BCUT2D eigenvalue weighted by Gasteiger charge is 2.04. The Morgan fingerprint density at radius 2 is 1.40 bits per heavy atom. The quantitative estimate of drug-likeness (QED) is 0.721. The molecule has 0 fully saturated rings. The van der Waals surface area contributed by atoms with Crippen LogP contribution >= 0.6 is 0 Å². The molecule has 1 N–H and O–H groups in total.